The Morgan fingerprint density at radius 2 is 1.74 bits per heavy atom. The lowest BCUT2D eigenvalue weighted by atomic mass is 9.94. The molecule has 0 bridgehead atoms. The van der Waals surface area contributed by atoms with E-state index >= 15 is 0 Å². The first kappa shape index (κ1) is 22.4. The molecule has 5 rings (SSSR count). The predicted molar refractivity (Wildman–Crippen MR) is 135 cm³/mol. The Morgan fingerprint density at radius 3 is 2.40 bits per heavy atom. The second kappa shape index (κ2) is 9.08. The van der Waals surface area contributed by atoms with Crippen molar-refractivity contribution in [3.05, 3.63) is 117 Å². The molecule has 0 radical (unpaired) electrons. The van der Waals surface area contributed by atoms with Gasteiger partial charge in [0.1, 0.15) is 11.9 Å². The van der Waals surface area contributed by atoms with E-state index in [0.717, 1.165) is 11.3 Å². The van der Waals surface area contributed by atoms with Crippen LogP contribution in [0.25, 0.3) is 11.3 Å². The van der Waals surface area contributed by atoms with Crippen LogP contribution < -0.4 is 10.6 Å². The third-order valence-corrected chi connectivity index (χ3v) is 6.06. The smallest absolute Gasteiger partial charge is 0.269 e. The summed E-state index contributed by atoms with van der Waals surface area (Å²) in [7, 11) is 0. The lowest BCUT2D eigenvalue weighted by Gasteiger charge is -2.29. The normalized spacial score (nSPS) is 14.7. The Bertz CT molecular complexity index is 1440. The third kappa shape index (κ3) is 4.39. The van der Waals surface area contributed by atoms with Crippen molar-refractivity contribution in [3.8, 4) is 11.3 Å². The van der Waals surface area contributed by atoms with Gasteiger partial charge < -0.3 is 10.6 Å². The number of allylic oxidation sites excluding steroid dienone is 1. The molecular formula is C26H20ClN5O3. The molecule has 174 valence electrons. The van der Waals surface area contributed by atoms with E-state index in [1.165, 1.54) is 12.1 Å². The van der Waals surface area contributed by atoms with Crippen LogP contribution in [0.15, 0.2) is 96.2 Å². The standard InChI is InChI=1S/C26H20ClN5O3/c1-16-24(26(33)29-20-11-9-19(27)10-12-20)25(18-7-13-21(14-8-18)32(34)35)31-23(28-16)15-22(30-31)17-5-3-2-4-6-17/h2-15,25,28H,1H3,(H,29,33)/t25-/m1/s1. The Kier molecular flexibility index (Phi) is 5.80. The van der Waals surface area contributed by atoms with E-state index in [4.69, 9.17) is 16.7 Å². The molecule has 4 aromatic rings. The quantitative estimate of drug-likeness (QED) is 0.265. The zero-order valence-corrected chi connectivity index (χ0v) is 19.4. The molecular weight excluding hydrogens is 466 g/mol. The highest BCUT2D eigenvalue weighted by molar-refractivity contribution is 6.30. The number of carbonyl (C=O) groups is 1. The summed E-state index contributed by atoms with van der Waals surface area (Å²) in [6, 6.07) is 24.1. The monoisotopic (exact) mass is 485 g/mol. The van der Waals surface area contributed by atoms with Gasteiger partial charge in [-0.1, -0.05) is 41.9 Å². The molecule has 1 atom stereocenters. The second-order valence-corrected chi connectivity index (χ2v) is 8.54. The van der Waals surface area contributed by atoms with E-state index in [9.17, 15) is 14.9 Å². The SMILES string of the molecule is CC1=C(C(=O)Nc2ccc(Cl)cc2)[C@@H](c2ccc([N+](=O)[O-])cc2)n2nc(-c3ccccc3)cc2N1. The van der Waals surface area contributed by atoms with Crippen molar-refractivity contribution in [2.75, 3.05) is 10.6 Å². The number of carbonyl (C=O) groups excluding carboxylic acids is 1. The highest BCUT2D eigenvalue weighted by Crippen LogP contribution is 2.38. The lowest BCUT2D eigenvalue weighted by Crippen LogP contribution is -2.31. The van der Waals surface area contributed by atoms with E-state index in [2.05, 4.69) is 10.6 Å². The maximum Gasteiger partial charge on any atom is 0.269 e. The van der Waals surface area contributed by atoms with Crippen LogP contribution >= 0.6 is 11.6 Å². The van der Waals surface area contributed by atoms with Crippen molar-refractivity contribution in [2.24, 2.45) is 0 Å². The van der Waals surface area contributed by atoms with Crippen molar-refractivity contribution < 1.29 is 9.72 Å². The number of aromatic nitrogens is 2. The molecule has 1 aliphatic heterocycles. The van der Waals surface area contributed by atoms with Crippen LogP contribution in [0.4, 0.5) is 17.2 Å². The van der Waals surface area contributed by atoms with Crippen LogP contribution in [0.3, 0.4) is 0 Å². The summed E-state index contributed by atoms with van der Waals surface area (Å²) in [5.74, 6) is 0.399. The van der Waals surface area contributed by atoms with Crippen molar-refractivity contribution in [1.29, 1.82) is 0 Å². The molecule has 1 amide bonds. The van der Waals surface area contributed by atoms with Gasteiger partial charge in [0.2, 0.25) is 0 Å². The van der Waals surface area contributed by atoms with Crippen LogP contribution in [0.2, 0.25) is 5.02 Å². The molecule has 3 aromatic carbocycles. The van der Waals surface area contributed by atoms with E-state index < -0.39 is 11.0 Å². The molecule has 0 unspecified atom stereocenters. The second-order valence-electron chi connectivity index (χ2n) is 8.10. The third-order valence-electron chi connectivity index (χ3n) is 5.81. The van der Waals surface area contributed by atoms with E-state index in [0.29, 0.717) is 33.4 Å². The fourth-order valence-electron chi connectivity index (χ4n) is 4.13. The van der Waals surface area contributed by atoms with Crippen molar-refractivity contribution >= 4 is 34.7 Å². The van der Waals surface area contributed by atoms with Crippen molar-refractivity contribution in [1.82, 2.24) is 9.78 Å². The Labute approximate surface area is 206 Å². The van der Waals surface area contributed by atoms with Crippen molar-refractivity contribution in [3.63, 3.8) is 0 Å². The maximum absolute atomic E-state index is 13.5. The van der Waals surface area contributed by atoms with Crippen LogP contribution in [0.5, 0.6) is 0 Å². The van der Waals surface area contributed by atoms with Gasteiger partial charge in [0.25, 0.3) is 11.6 Å². The van der Waals surface area contributed by atoms with Crippen LogP contribution in [0.1, 0.15) is 18.5 Å². The first-order chi connectivity index (χ1) is 16.9. The zero-order chi connectivity index (χ0) is 24.5. The molecule has 35 heavy (non-hydrogen) atoms. The van der Waals surface area contributed by atoms with Gasteiger partial charge in [-0.05, 0) is 48.9 Å². The number of hydrogen-bond donors (Lipinski definition) is 2. The van der Waals surface area contributed by atoms with Gasteiger partial charge in [0, 0.05) is 40.2 Å². The molecule has 1 aliphatic rings. The molecule has 0 aliphatic carbocycles. The number of rotatable bonds is 5. The predicted octanol–water partition coefficient (Wildman–Crippen LogP) is 6.04. The topological polar surface area (TPSA) is 102 Å². The number of non-ortho nitro benzene ring substituents is 1. The van der Waals surface area contributed by atoms with Gasteiger partial charge in [-0.3, -0.25) is 14.9 Å². The van der Waals surface area contributed by atoms with Crippen LogP contribution in [-0.2, 0) is 4.79 Å². The maximum atomic E-state index is 13.5. The molecule has 0 fully saturated rings. The number of anilines is 2. The summed E-state index contributed by atoms with van der Waals surface area (Å²) in [6.45, 7) is 1.83. The first-order valence-electron chi connectivity index (χ1n) is 10.8. The van der Waals surface area contributed by atoms with Gasteiger partial charge in [0.05, 0.1) is 16.2 Å². The molecule has 2 heterocycles. The largest absolute Gasteiger partial charge is 0.344 e. The number of nitrogens with zero attached hydrogens (tertiary/aromatic N) is 3. The van der Waals surface area contributed by atoms with Crippen LogP contribution in [-0.4, -0.2) is 20.6 Å². The van der Waals surface area contributed by atoms with Gasteiger partial charge in [-0.25, -0.2) is 4.68 Å². The summed E-state index contributed by atoms with van der Waals surface area (Å²) >= 11 is 5.98. The minimum atomic E-state index is -0.600. The number of fused-ring (bicyclic) bond motifs is 1. The van der Waals surface area contributed by atoms with Gasteiger partial charge in [-0.2, -0.15) is 5.10 Å². The summed E-state index contributed by atoms with van der Waals surface area (Å²) in [4.78, 5) is 24.3. The highest BCUT2D eigenvalue weighted by Gasteiger charge is 2.34. The number of nitrogens with one attached hydrogen (secondary N) is 2. The summed E-state index contributed by atoms with van der Waals surface area (Å²) in [5.41, 5.74) is 4.05. The Balaban J connectivity index is 1.59. The van der Waals surface area contributed by atoms with Gasteiger partial charge in [-0.15, -0.1) is 0 Å². The summed E-state index contributed by atoms with van der Waals surface area (Å²) in [6.07, 6.45) is 0. The number of benzene rings is 3. The van der Waals surface area contributed by atoms with E-state index in [-0.39, 0.29) is 11.6 Å². The molecule has 0 saturated heterocycles. The van der Waals surface area contributed by atoms with Crippen molar-refractivity contribution in [2.45, 2.75) is 13.0 Å². The zero-order valence-electron chi connectivity index (χ0n) is 18.6. The fraction of sp³-hybridized carbons (Fsp3) is 0.0769. The minimum Gasteiger partial charge on any atom is -0.344 e. The summed E-state index contributed by atoms with van der Waals surface area (Å²) < 4.78 is 1.74. The van der Waals surface area contributed by atoms with E-state index in [1.807, 2.05) is 43.3 Å². The minimum absolute atomic E-state index is 0.0267. The number of hydrogen-bond acceptors (Lipinski definition) is 5. The van der Waals surface area contributed by atoms with Gasteiger partial charge >= 0.3 is 0 Å². The number of halogens is 1. The molecule has 0 spiro atoms. The molecule has 2 N–H and O–H groups in total. The van der Waals surface area contributed by atoms with E-state index in [1.54, 1.807) is 41.1 Å². The average Bonchev–Trinajstić information content (AvgIpc) is 3.29. The first-order valence-corrected chi connectivity index (χ1v) is 11.2. The average molecular weight is 486 g/mol. The van der Waals surface area contributed by atoms with Crippen LogP contribution in [0, 0.1) is 10.1 Å². The fourth-order valence-corrected chi connectivity index (χ4v) is 4.26. The van der Waals surface area contributed by atoms with Gasteiger partial charge in [0.15, 0.2) is 0 Å². The molecule has 1 aromatic heterocycles. The number of nitro groups is 1. The Morgan fingerprint density at radius 1 is 1.06 bits per heavy atom. The molecule has 0 saturated carbocycles. The number of amides is 1. The molecule has 9 heteroatoms. The highest BCUT2D eigenvalue weighted by atomic mass is 35.5. The number of nitro benzene ring substituents is 1. The lowest BCUT2D eigenvalue weighted by molar-refractivity contribution is -0.384. The summed E-state index contributed by atoms with van der Waals surface area (Å²) in [5, 5.41) is 22.8. The Hall–Kier alpha value is -4.43. The molecule has 8 nitrogen and oxygen atoms in total.